The summed E-state index contributed by atoms with van der Waals surface area (Å²) in [5.41, 5.74) is 8.60. The standard InChI is InChI=1S/C18H19N3O3S/c1-2-14-8-15(24-21-14)9-20-18(23)12-5-3-4-11(6-12)13-7-16(17(19)22)25-10-13/h3-7,10,15H,2,8-9H2,1H3,(H2,19,22)(H,20,23)/t15-/m1/s1. The van der Waals surface area contributed by atoms with Crippen LogP contribution in [0.15, 0.2) is 40.9 Å². The Morgan fingerprint density at radius 3 is 2.88 bits per heavy atom. The van der Waals surface area contributed by atoms with Crippen LogP contribution in [0.2, 0.25) is 0 Å². The second-order valence-corrected chi connectivity index (χ2v) is 6.71. The number of thiophene rings is 1. The van der Waals surface area contributed by atoms with Crippen molar-refractivity contribution in [3.63, 3.8) is 0 Å². The third kappa shape index (κ3) is 4.06. The molecule has 0 unspecified atom stereocenters. The van der Waals surface area contributed by atoms with Gasteiger partial charge in [-0.2, -0.15) is 0 Å². The highest BCUT2D eigenvalue weighted by Crippen LogP contribution is 2.26. The number of nitrogens with two attached hydrogens (primary N) is 1. The van der Waals surface area contributed by atoms with Crippen molar-refractivity contribution in [3.8, 4) is 11.1 Å². The highest BCUT2D eigenvalue weighted by Gasteiger charge is 2.20. The summed E-state index contributed by atoms with van der Waals surface area (Å²) in [5, 5.41) is 8.72. The Kier molecular flexibility index (Phi) is 5.14. The maximum atomic E-state index is 12.4. The number of hydrogen-bond donors (Lipinski definition) is 2. The third-order valence-electron chi connectivity index (χ3n) is 3.99. The molecule has 7 heteroatoms. The zero-order valence-electron chi connectivity index (χ0n) is 13.8. The van der Waals surface area contributed by atoms with Crippen molar-refractivity contribution in [1.29, 1.82) is 0 Å². The molecule has 0 saturated carbocycles. The van der Waals surface area contributed by atoms with Crippen molar-refractivity contribution in [1.82, 2.24) is 5.32 Å². The Hall–Kier alpha value is -2.67. The molecule has 1 aromatic carbocycles. The minimum Gasteiger partial charge on any atom is -0.390 e. The van der Waals surface area contributed by atoms with E-state index in [0.29, 0.717) is 17.0 Å². The maximum absolute atomic E-state index is 12.4. The van der Waals surface area contributed by atoms with E-state index in [-0.39, 0.29) is 12.0 Å². The number of amides is 2. The Morgan fingerprint density at radius 2 is 2.20 bits per heavy atom. The van der Waals surface area contributed by atoms with Crippen molar-refractivity contribution in [2.24, 2.45) is 10.9 Å². The Bertz CT molecular complexity index is 828. The fraction of sp³-hybridized carbons (Fsp3) is 0.278. The van der Waals surface area contributed by atoms with Crippen molar-refractivity contribution in [2.75, 3.05) is 6.54 Å². The lowest BCUT2D eigenvalue weighted by molar-refractivity contribution is 0.0753. The van der Waals surface area contributed by atoms with Gasteiger partial charge in [-0.3, -0.25) is 9.59 Å². The lowest BCUT2D eigenvalue weighted by Gasteiger charge is -2.10. The van der Waals surface area contributed by atoms with Crippen molar-refractivity contribution >= 4 is 28.9 Å². The fourth-order valence-corrected chi connectivity index (χ4v) is 3.34. The highest BCUT2D eigenvalue weighted by molar-refractivity contribution is 7.12. The summed E-state index contributed by atoms with van der Waals surface area (Å²) in [6, 6.07) is 9.00. The van der Waals surface area contributed by atoms with Crippen molar-refractivity contribution < 1.29 is 14.4 Å². The van der Waals surface area contributed by atoms with Gasteiger partial charge in [0.2, 0.25) is 0 Å². The zero-order chi connectivity index (χ0) is 17.8. The van der Waals surface area contributed by atoms with E-state index in [9.17, 15) is 9.59 Å². The van der Waals surface area contributed by atoms with E-state index in [1.165, 1.54) is 11.3 Å². The van der Waals surface area contributed by atoms with Crippen LogP contribution in [-0.2, 0) is 4.84 Å². The normalized spacial score (nSPS) is 16.2. The van der Waals surface area contributed by atoms with E-state index in [2.05, 4.69) is 10.5 Å². The molecule has 1 atom stereocenters. The molecule has 0 aliphatic carbocycles. The number of rotatable bonds is 6. The van der Waals surface area contributed by atoms with Crippen LogP contribution in [0.3, 0.4) is 0 Å². The molecule has 3 rings (SSSR count). The van der Waals surface area contributed by atoms with Crippen LogP contribution < -0.4 is 11.1 Å². The number of carbonyl (C=O) groups is 2. The minimum atomic E-state index is -0.449. The van der Waals surface area contributed by atoms with Gasteiger partial charge in [0.25, 0.3) is 11.8 Å². The Balaban J connectivity index is 1.64. The van der Waals surface area contributed by atoms with Crippen molar-refractivity contribution in [3.05, 3.63) is 46.2 Å². The van der Waals surface area contributed by atoms with Gasteiger partial charge in [0.05, 0.1) is 17.1 Å². The quantitative estimate of drug-likeness (QED) is 0.832. The van der Waals surface area contributed by atoms with E-state index in [1.54, 1.807) is 18.2 Å². The summed E-state index contributed by atoms with van der Waals surface area (Å²) in [4.78, 5) is 29.4. The number of benzene rings is 1. The monoisotopic (exact) mass is 357 g/mol. The first-order valence-electron chi connectivity index (χ1n) is 8.05. The summed E-state index contributed by atoms with van der Waals surface area (Å²) < 4.78 is 0. The summed E-state index contributed by atoms with van der Waals surface area (Å²) in [6.45, 7) is 2.45. The number of nitrogens with zero attached hydrogens (tertiary/aromatic N) is 1. The van der Waals surface area contributed by atoms with E-state index < -0.39 is 5.91 Å². The number of primary amides is 1. The second kappa shape index (κ2) is 7.48. The van der Waals surface area contributed by atoms with Gasteiger partial charge in [-0.25, -0.2) is 0 Å². The summed E-state index contributed by atoms with van der Waals surface area (Å²) >= 11 is 1.29. The van der Waals surface area contributed by atoms with Crippen LogP contribution in [0.1, 0.15) is 39.8 Å². The predicted molar refractivity (Wildman–Crippen MR) is 97.8 cm³/mol. The lowest BCUT2D eigenvalue weighted by atomic mass is 10.0. The van der Waals surface area contributed by atoms with Gasteiger partial charge in [0.15, 0.2) is 0 Å². The molecule has 2 heterocycles. The van der Waals surface area contributed by atoms with Crippen LogP contribution in [0.5, 0.6) is 0 Å². The molecule has 130 valence electrons. The largest absolute Gasteiger partial charge is 0.390 e. The van der Waals surface area contributed by atoms with Gasteiger partial charge in [-0.1, -0.05) is 24.2 Å². The number of nitrogens with one attached hydrogen (secondary N) is 1. The van der Waals surface area contributed by atoms with Gasteiger partial charge < -0.3 is 15.9 Å². The smallest absolute Gasteiger partial charge is 0.258 e. The minimum absolute atomic E-state index is 0.0999. The molecule has 0 radical (unpaired) electrons. The molecule has 6 nitrogen and oxygen atoms in total. The molecule has 0 fully saturated rings. The van der Waals surface area contributed by atoms with Gasteiger partial charge in [-0.05, 0) is 41.1 Å². The molecule has 0 bridgehead atoms. The number of carbonyl (C=O) groups excluding carboxylic acids is 2. The number of oxime groups is 1. The van der Waals surface area contributed by atoms with Crippen LogP contribution in [0, 0.1) is 0 Å². The zero-order valence-corrected chi connectivity index (χ0v) is 14.6. The second-order valence-electron chi connectivity index (χ2n) is 5.80. The molecule has 2 aromatic rings. The third-order valence-corrected chi connectivity index (χ3v) is 4.94. The molecule has 25 heavy (non-hydrogen) atoms. The van der Waals surface area contributed by atoms with Gasteiger partial charge in [0, 0.05) is 12.0 Å². The molecule has 0 spiro atoms. The highest BCUT2D eigenvalue weighted by atomic mass is 32.1. The SMILES string of the molecule is CCC1=NO[C@@H](CNC(=O)c2cccc(-c3csc(C(N)=O)c3)c2)C1. The molecule has 1 aliphatic heterocycles. The predicted octanol–water partition coefficient (Wildman–Crippen LogP) is 2.80. The number of hydrogen-bond acceptors (Lipinski definition) is 5. The molecule has 1 aromatic heterocycles. The molecule has 0 saturated heterocycles. The summed E-state index contributed by atoms with van der Waals surface area (Å²) in [6.07, 6.45) is 1.51. The van der Waals surface area contributed by atoms with Crippen molar-refractivity contribution in [2.45, 2.75) is 25.9 Å². The molecule has 1 aliphatic rings. The van der Waals surface area contributed by atoms with Crippen LogP contribution in [0.25, 0.3) is 11.1 Å². The average Bonchev–Trinajstić information content (AvgIpc) is 3.29. The fourth-order valence-electron chi connectivity index (χ4n) is 2.57. The summed E-state index contributed by atoms with van der Waals surface area (Å²) in [7, 11) is 0. The van der Waals surface area contributed by atoms with Crippen LogP contribution in [-0.4, -0.2) is 30.2 Å². The van der Waals surface area contributed by atoms with Gasteiger partial charge >= 0.3 is 0 Å². The molecule has 2 amide bonds. The van der Waals surface area contributed by atoms with E-state index >= 15 is 0 Å². The topological polar surface area (TPSA) is 93.8 Å². The van der Waals surface area contributed by atoms with E-state index in [1.807, 2.05) is 24.4 Å². The van der Waals surface area contributed by atoms with Crippen LogP contribution in [0.4, 0.5) is 0 Å². The summed E-state index contributed by atoms with van der Waals surface area (Å²) in [5.74, 6) is -0.615. The average molecular weight is 357 g/mol. The van der Waals surface area contributed by atoms with E-state index in [0.717, 1.165) is 29.7 Å². The van der Waals surface area contributed by atoms with Gasteiger partial charge in [-0.15, -0.1) is 11.3 Å². The first kappa shape index (κ1) is 17.2. The lowest BCUT2D eigenvalue weighted by Crippen LogP contribution is -2.32. The first-order chi connectivity index (χ1) is 12.1. The van der Waals surface area contributed by atoms with Gasteiger partial charge in [0.1, 0.15) is 6.10 Å². The maximum Gasteiger partial charge on any atom is 0.258 e. The molecular weight excluding hydrogens is 338 g/mol. The molecule has 3 N–H and O–H groups in total. The first-order valence-corrected chi connectivity index (χ1v) is 8.93. The Morgan fingerprint density at radius 1 is 1.36 bits per heavy atom. The van der Waals surface area contributed by atoms with E-state index in [4.69, 9.17) is 10.6 Å². The Labute approximate surface area is 149 Å². The van der Waals surface area contributed by atoms with Crippen LogP contribution >= 0.6 is 11.3 Å². The molecular formula is C18H19N3O3S.